The predicted octanol–water partition coefficient (Wildman–Crippen LogP) is 4.95. The van der Waals surface area contributed by atoms with Crippen molar-refractivity contribution in [2.75, 3.05) is 13.7 Å². The summed E-state index contributed by atoms with van der Waals surface area (Å²) in [5.74, 6) is 0.333. The first-order valence-corrected chi connectivity index (χ1v) is 10.1. The Labute approximate surface area is 180 Å². The van der Waals surface area contributed by atoms with Crippen molar-refractivity contribution >= 4 is 16.9 Å². The van der Waals surface area contributed by atoms with Gasteiger partial charge in [0.05, 0.1) is 7.11 Å². The van der Waals surface area contributed by atoms with Crippen LogP contribution >= 0.6 is 0 Å². The van der Waals surface area contributed by atoms with Crippen LogP contribution in [-0.2, 0) is 6.54 Å². The number of para-hydroxylation sites is 1. The van der Waals surface area contributed by atoms with E-state index in [2.05, 4.69) is 15.6 Å². The van der Waals surface area contributed by atoms with Crippen LogP contribution in [0.2, 0.25) is 0 Å². The summed E-state index contributed by atoms with van der Waals surface area (Å²) in [6, 6.07) is 21.7. The lowest BCUT2D eigenvalue weighted by Crippen LogP contribution is -2.37. The minimum Gasteiger partial charge on any atom is -0.497 e. The lowest BCUT2D eigenvalue weighted by molar-refractivity contribution is 0.240. The number of hydrogen-bond acceptors (Lipinski definition) is 2. The Morgan fingerprint density at radius 2 is 1.84 bits per heavy atom. The first-order valence-electron chi connectivity index (χ1n) is 10.1. The number of nitrogens with one attached hydrogen (secondary N) is 3. The number of halogens is 1. The van der Waals surface area contributed by atoms with Gasteiger partial charge in [-0.05, 0) is 47.0 Å². The average molecular weight is 417 g/mol. The first-order chi connectivity index (χ1) is 15.1. The number of fused-ring (bicyclic) bond motifs is 1. The summed E-state index contributed by atoms with van der Waals surface area (Å²) in [7, 11) is 1.61. The van der Waals surface area contributed by atoms with Crippen LogP contribution in [-0.4, -0.2) is 24.7 Å². The highest BCUT2D eigenvalue weighted by molar-refractivity contribution is 5.84. The van der Waals surface area contributed by atoms with Crippen LogP contribution in [0.4, 0.5) is 9.18 Å². The SMILES string of the molecule is COc1cccc(CNC(=O)NC[C@H](c2ccc(F)cc2)c2c[nH]c3ccccc23)c1. The van der Waals surface area contributed by atoms with Gasteiger partial charge >= 0.3 is 6.03 Å². The van der Waals surface area contributed by atoms with Crippen molar-refractivity contribution < 1.29 is 13.9 Å². The standard InChI is InChI=1S/C25H24FN3O2/c1-31-20-6-4-5-17(13-20)14-28-25(30)29-15-22(18-9-11-19(26)12-10-18)23-16-27-24-8-3-2-7-21(23)24/h2-13,16,22,27H,14-15H2,1H3,(H2,28,29,30)/t22-/m1/s1. The van der Waals surface area contributed by atoms with Crippen LogP contribution in [0.3, 0.4) is 0 Å². The van der Waals surface area contributed by atoms with Gasteiger partial charge in [0.2, 0.25) is 0 Å². The van der Waals surface area contributed by atoms with E-state index < -0.39 is 0 Å². The van der Waals surface area contributed by atoms with Gasteiger partial charge in [0.25, 0.3) is 0 Å². The summed E-state index contributed by atoms with van der Waals surface area (Å²) < 4.78 is 18.7. The maximum absolute atomic E-state index is 13.5. The minimum atomic E-state index is -0.287. The third kappa shape index (κ3) is 4.86. The quantitative estimate of drug-likeness (QED) is 0.398. The molecule has 0 radical (unpaired) electrons. The van der Waals surface area contributed by atoms with Gasteiger partial charge in [-0.15, -0.1) is 0 Å². The molecule has 31 heavy (non-hydrogen) atoms. The smallest absolute Gasteiger partial charge is 0.315 e. The third-order valence-electron chi connectivity index (χ3n) is 5.32. The van der Waals surface area contributed by atoms with Crippen molar-refractivity contribution in [2.24, 2.45) is 0 Å². The second-order valence-corrected chi connectivity index (χ2v) is 7.31. The Balaban J connectivity index is 1.48. The molecule has 0 bridgehead atoms. The molecule has 0 spiro atoms. The van der Waals surface area contributed by atoms with E-state index in [1.54, 1.807) is 19.2 Å². The van der Waals surface area contributed by atoms with Crippen molar-refractivity contribution in [2.45, 2.75) is 12.5 Å². The van der Waals surface area contributed by atoms with Gasteiger partial charge in [0, 0.05) is 36.1 Å². The minimum absolute atomic E-state index is 0.126. The molecule has 0 saturated carbocycles. The number of hydrogen-bond donors (Lipinski definition) is 3. The van der Waals surface area contributed by atoms with Gasteiger partial charge in [-0.2, -0.15) is 0 Å². The monoisotopic (exact) mass is 417 g/mol. The second-order valence-electron chi connectivity index (χ2n) is 7.31. The predicted molar refractivity (Wildman–Crippen MR) is 120 cm³/mol. The van der Waals surface area contributed by atoms with Gasteiger partial charge in [0.1, 0.15) is 11.6 Å². The van der Waals surface area contributed by atoms with Gasteiger partial charge in [-0.3, -0.25) is 0 Å². The van der Waals surface area contributed by atoms with E-state index in [1.165, 1.54) is 12.1 Å². The fourth-order valence-electron chi connectivity index (χ4n) is 3.71. The number of urea groups is 1. The Kier molecular flexibility index (Phi) is 6.17. The molecule has 3 N–H and O–H groups in total. The van der Waals surface area contributed by atoms with Gasteiger partial charge in [0.15, 0.2) is 0 Å². The zero-order valence-corrected chi connectivity index (χ0v) is 17.2. The molecule has 158 valence electrons. The van der Waals surface area contributed by atoms with Crippen LogP contribution in [0.1, 0.15) is 22.6 Å². The number of methoxy groups -OCH3 is 1. The van der Waals surface area contributed by atoms with E-state index in [-0.39, 0.29) is 17.8 Å². The summed E-state index contributed by atoms with van der Waals surface area (Å²) in [4.78, 5) is 15.8. The average Bonchev–Trinajstić information content (AvgIpc) is 3.23. The molecule has 6 heteroatoms. The van der Waals surface area contributed by atoms with Crippen molar-refractivity contribution in [3.63, 3.8) is 0 Å². The van der Waals surface area contributed by atoms with Crippen LogP contribution in [0.25, 0.3) is 10.9 Å². The highest BCUT2D eigenvalue weighted by Crippen LogP contribution is 2.30. The molecule has 3 aromatic carbocycles. The van der Waals surface area contributed by atoms with Gasteiger partial charge in [-0.25, -0.2) is 9.18 Å². The summed E-state index contributed by atoms with van der Waals surface area (Å²) in [6.45, 7) is 0.759. The van der Waals surface area contributed by atoms with Crippen LogP contribution in [0.15, 0.2) is 79.0 Å². The molecule has 5 nitrogen and oxygen atoms in total. The van der Waals surface area contributed by atoms with E-state index in [0.29, 0.717) is 13.1 Å². The fraction of sp³-hybridized carbons (Fsp3) is 0.160. The number of aromatic nitrogens is 1. The molecule has 0 aliphatic heterocycles. The maximum atomic E-state index is 13.5. The largest absolute Gasteiger partial charge is 0.497 e. The van der Waals surface area contributed by atoms with E-state index >= 15 is 0 Å². The highest BCUT2D eigenvalue weighted by Gasteiger charge is 2.19. The summed E-state index contributed by atoms with van der Waals surface area (Å²) >= 11 is 0. The molecule has 0 aliphatic carbocycles. The lowest BCUT2D eigenvalue weighted by Gasteiger charge is -2.18. The van der Waals surface area contributed by atoms with Crippen LogP contribution < -0.4 is 15.4 Å². The summed E-state index contributed by atoms with van der Waals surface area (Å²) in [5.41, 5.74) is 3.95. The number of aromatic amines is 1. The molecular formula is C25H24FN3O2. The van der Waals surface area contributed by atoms with E-state index in [1.807, 2.05) is 54.7 Å². The molecule has 0 unspecified atom stereocenters. The number of carbonyl (C=O) groups excluding carboxylic acids is 1. The number of ether oxygens (including phenoxy) is 1. The second kappa shape index (κ2) is 9.34. The highest BCUT2D eigenvalue weighted by atomic mass is 19.1. The fourth-order valence-corrected chi connectivity index (χ4v) is 3.71. The molecule has 0 fully saturated rings. The number of carbonyl (C=O) groups is 1. The van der Waals surface area contributed by atoms with E-state index in [0.717, 1.165) is 33.3 Å². The van der Waals surface area contributed by atoms with Crippen molar-refractivity contribution in [1.29, 1.82) is 0 Å². The topological polar surface area (TPSA) is 66.2 Å². The Hall–Kier alpha value is -3.80. The summed E-state index contributed by atoms with van der Waals surface area (Å²) in [6.07, 6.45) is 1.95. The zero-order valence-electron chi connectivity index (χ0n) is 17.2. The maximum Gasteiger partial charge on any atom is 0.315 e. The Morgan fingerprint density at radius 1 is 1.03 bits per heavy atom. The molecule has 1 atom stereocenters. The van der Waals surface area contributed by atoms with Crippen molar-refractivity contribution in [3.05, 3.63) is 102 Å². The molecule has 4 aromatic rings. The number of benzene rings is 3. The number of rotatable bonds is 7. The number of H-pyrrole nitrogens is 1. The van der Waals surface area contributed by atoms with Gasteiger partial charge in [-0.1, -0.05) is 42.5 Å². The normalized spacial score (nSPS) is 11.8. The van der Waals surface area contributed by atoms with Crippen LogP contribution in [0.5, 0.6) is 5.75 Å². The van der Waals surface area contributed by atoms with Gasteiger partial charge < -0.3 is 20.4 Å². The molecular weight excluding hydrogens is 393 g/mol. The lowest BCUT2D eigenvalue weighted by atomic mass is 9.91. The number of amides is 2. The molecule has 2 amide bonds. The third-order valence-corrected chi connectivity index (χ3v) is 5.32. The van der Waals surface area contributed by atoms with Crippen LogP contribution in [0, 0.1) is 5.82 Å². The van der Waals surface area contributed by atoms with Crippen molar-refractivity contribution in [3.8, 4) is 5.75 Å². The van der Waals surface area contributed by atoms with Crippen molar-refractivity contribution in [1.82, 2.24) is 15.6 Å². The molecule has 0 saturated heterocycles. The summed E-state index contributed by atoms with van der Waals surface area (Å²) in [5, 5.41) is 6.91. The van der Waals surface area contributed by atoms with E-state index in [4.69, 9.17) is 4.74 Å². The molecule has 4 rings (SSSR count). The first kappa shape index (κ1) is 20.5. The molecule has 0 aliphatic rings. The Morgan fingerprint density at radius 3 is 2.65 bits per heavy atom. The molecule has 1 aromatic heterocycles. The molecule has 1 heterocycles. The zero-order chi connectivity index (χ0) is 21.6. The Bertz CT molecular complexity index is 1170. The van der Waals surface area contributed by atoms with E-state index in [9.17, 15) is 9.18 Å².